The van der Waals surface area contributed by atoms with E-state index in [2.05, 4.69) is 13.8 Å². The summed E-state index contributed by atoms with van der Waals surface area (Å²) in [5, 5.41) is 0. The lowest BCUT2D eigenvalue weighted by Gasteiger charge is -2.09. The minimum atomic E-state index is -2.46. The number of unbranched alkanes of at least 4 members (excludes halogenated alkanes) is 1. The van der Waals surface area contributed by atoms with Gasteiger partial charge in [-0.05, 0) is 19.3 Å². The normalized spacial score (nSPS) is 12.5. The van der Waals surface area contributed by atoms with Crippen LogP contribution in [-0.4, -0.2) is 5.92 Å². The largest absolute Gasteiger partial charge is 0.245 e. The predicted octanol–water partition coefficient (Wildman–Crippen LogP) is 3.86. The van der Waals surface area contributed by atoms with Crippen LogP contribution < -0.4 is 0 Å². The molecule has 0 aromatic heterocycles. The third-order valence-electron chi connectivity index (χ3n) is 1.65. The third kappa shape index (κ3) is 9.86. The summed E-state index contributed by atoms with van der Waals surface area (Å²) in [7, 11) is 0. The van der Waals surface area contributed by atoms with Gasteiger partial charge in [-0.2, -0.15) is 0 Å². The summed E-state index contributed by atoms with van der Waals surface area (Å²) < 4.78 is 24.5. The van der Waals surface area contributed by atoms with Gasteiger partial charge in [0.05, 0.1) is 0 Å². The van der Waals surface area contributed by atoms with Crippen LogP contribution in [0.2, 0.25) is 0 Å². The first kappa shape index (κ1) is 10.9. The van der Waals surface area contributed by atoms with Crippen molar-refractivity contribution in [1.29, 1.82) is 0 Å². The lowest BCUT2D eigenvalue weighted by Crippen LogP contribution is -2.08. The van der Waals surface area contributed by atoms with Gasteiger partial charge >= 0.3 is 0 Å². The second kappa shape index (κ2) is 4.68. The van der Waals surface area contributed by atoms with Gasteiger partial charge in [0.15, 0.2) is 0 Å². The van der Waals surface area contributed by atoms with E-state index < -0.39 is 5.92 Å². The number of alkyl halides is 2. The van der Waals surface area contributed by atoms with E-state index in [-0.39, 0.29) is 6.42 Å². The standard InChI is InChI=1S/C9H18F2/c1-8(2)6-4-5-7-9(3,10)11/h8H,4-7H2,1-3H3. The van der Waals surface area contributed by atoms with Gasteiger partial charge in [0.2, 0.25) is 5.92 Å². The first-order valence-electron chi connectivity index (χ1n) is 4.29. The zero-order chi connectivity index (χ0) is 8.91. The van der Waals surface area contributed by atoms with Crippen LogP contribution in [0.25, 0.3) is 0 Å². The van der Waals surface area contributed by atoms with Crippen molar-refractivity contribution in [1.82, 2.24) is 0 Å². The van der Waals surface area contributed by atoms with Crippen molar-refractivity contribution in [3.8, 4) is 0 Å². The fourth-order valence-electron chi connectivity index (χ4n) is 0.988. The minimum Gasteiger partial charge on any atom is -0.207 e. The zero-order valence-electron chi connectivity index (χ0n) is 7.66. The Kier molecular flexibility index (Phi) is 4.62. The summed E-state index contributed by atoms with van der Waals surface area (Å²) in [5.74, 6) is -1.82. The van der Waals surface area contributed by atoms with Crippen LogP contribution in [-0.2, 0) is 0 Å². The van der Waals surface area contributed by atoms with Crippen LogP contribution in [0, 0.1) is 5.92 Å². The molecule has 0 aromatic carbocycles. The Balaban J connectivity index is 3.15. The molecule has 0 nitrogen and oxygen atoms in total. The summed E-state index contributed by atoms with van der Waals surface area (Å²) in [5.41, 5.74) is 0. The molecule has 0 bridgehead atoms. The van der Waals surface area contributed by atoms with Crippen molar-refractivity contribution < 1.29 is 8.78 Å². The average Bonchev–Trinajstić information content (AvgIpc) is 1.78. The van der Waals surface area contributed by atoms with Crippen molar-refractivity contribution in [3.63, 3.8) is 0 Å². The molecule has 0 saturated heterocycles. The Morgan fingerprint density at radius 1 is 1.18 bits per heavy atom. The molecule has 0 fully saturated rings. The van der Waals surface area contributed by atoms with Crippen LogP contribution in [0.4, 0.5) is 8.78 Å². The van der Waals surface area contributed by atoms with Crippen molar-refractivity contribution in [3.05, 3.63) is 0 Å². The fraction of sp³-hybridized carbons (Fsp3) is 1.00. The van der Waals surface area contributed by atoms with E-state index in [1.807, 2.05) is 0 Å². The van der Waals surface area contributed by atoms with Crippen molar-refractivity contribution >= 4 is 0 Å². The van der Waals surface area contributed by atoms with E-state index in [0.717, 1.165) is 19.8 Å². The molecule has 11 heavy (non-hydrogen) atoms. The molecule has 68 valence electrons. The van der Waals surface area contributed by atoms with E-state index in [1.165, 1.54) is 0 Å². The number of halogens is 2. The molecule has 0 aliphatic heterocycles. The van der Waals surface area contributed by atoms with E-state index in [0.29, 0.717) is 12.3 Å². The molecular weight excluding hydrogens is 146 g/mol. The molecular formula is C9H18F2. The second-order valence-electron chi connectivity index (χ2n) is 3.71. The van der Waals surface area contributed by atoms with E-state index in [4.69, 9.17) is 0 Å². The van der Waals surface area contributed by atoms with Gasteiger partial charge in [-0.15, -0.1) is 0 Å². The molecule has 0 aliphatic rings. The van der Waals surface area contributed by atoms with Crippen molar-refractivity contribution in [2.24, 2.45) is 5.92 Å². The first-order chi connectivity index (χ1) is 4.92. The summed E-state index contributed by atoms with van der Waals surface area (Å²) in [6.45, 7) is 5.22. The topological polar surface area (TPSA) is 0 Å². The first-order valence-corrected chi connectivity index (χ1v) is 4.29. The van der Waals surface area contributed by atoms with Gasteiger partial charge in [0.25, 0.3) is 0 Å². The monoisotopic (exact) mass is 164 g/mol. The summed E-state index contributed by atoms with van der Waals surface area (Å²) in [6, 6.07) is 0. The Morgan fingerprint density at radius 2 is 1.73 bits per heavy atom. The molecule has 0 rings (SSSR count). The maximum atomic E-state index is 12.2. The fourth-order valence-corrected chi connectivity index (χ4v) is 0.988. The predicted molar refractivity (Wildman–Crippen MR) is 43.9 cm³/mol. The zero-order valence-corrected chi connectivity index (χ0v) is 7.66. The van der Waals surface area contributed by atoms with Gasteiger partial charge in [0, 0.05) is 6.42 Å². The molecule has 0 amide bonds. The molecule has 0 radical (unpaired) electrons. The highest BCUT2D eigenvalue weighted by atomic mass is 19.3. The maximum Gasteiger partial charge on any atom is 0.245 e. The molecule has 0 saturated carbocycles. The second-order valence-corrected chi connectivity index (χ2v) is 3.71. The molecule has 0 aliphatic carbocycles. The number of hydrogen-bond acceptors (Lipinski definition) is 0. The highest BCUT2D eigenvalue weighted by Gasteiger charge is 2.19. The SMILES string of the molecule is CC(C)CCCCC(C)(F)F. The maximum absolute atomic E-state index is 12.2. The highest BCUT2D eigenvalue weighted by Crippen LogP contribution is 2.21. The lowest BCUT2D eigenvalue weighted by molar-refractivity contribution is 0.0102. The average molecular weight is 164 g/mol. The molecule has 0 spiro atoms. The Hall–Kier alpha value is -0.140. The van der Waals surface area contributed by atoms with Crippen LogP contribution in [0.3, 0.4) is 0 Å². The van der Waals surface area contributed by atoms with E-state index >= 15 is 0 Å². The van der Waals surface area contributed by atoms with Crippen LogP contribution in [0.15, 0.2) is 0 Å². The Bertz CT molecular complexity index is 92.2. The number of hydrogen-bond donors (Lipinski definition) is 0. The van der Waals surface area contributed by atoms with Gasteiger partial charge in [-0.1, -0.05) is 26.7 Å². The number of rotatable bonds is 5. The quantitative estimate of drug-likeness (QED) is 0.541. The summed E-state index contributed by atoms with van der Waals surface area (Å²) in [4.78, 5) is 0. The third-order valence-corrected chi connectivity index (χ3v) is 1.65. The molecule has 2 heteroatoms. The Morgan fingerprint density at radius 3 is 2.09 bits per heavy atom. The Labute approximate surface area is 68.0 Å². The minimum absolute atomic E-state index is 0.0414. The smallest absolute Gasteiger partial charge is 0.207 e. The van der Waals surface area contributed by atoms with Crippen LogP contribution in [0.1, 0.15) is 46.5 Å². The molecule has 0 unspecified atom stereocenters. The summed E-state index contributed by atoms with van der Waals surface area (Å²) >= 11 is 0. The molecule has 0 atom stereocenters. The van der Waals surface area contributed by atoms with Crippen LogP contribution >= 0.6 is 0 Å². The van der Waals surface area contributed by atoms with Gasteiger partial charge in [-0.25, -0.2) is 8.78 Å². The van der Waals surface area contributed by atoms with Gasteiger partial charge < -0.3 is 0 Å². The molecule has 0 aromatic rings. The van der Waals surface area contributed by atoms with Gasteiger partial charge in [-0.3, -0.25) is 0 Å². The summed E-state index contributed by atoms with van der Waals surface area (Å²) in [6.07, 6.45) is 2.69. The van der Waals surface area contributed by atoms with Gasteiger partial charge in [0.1, 0.15) is 0 Å². The van der Waals surface area contributed by atoms with Crippen molar-refractivity contribution in [2.45, 2.75) is 52.4 Å². The van der Waals surface area contributed by atoms with E-state index in [9.17, 15) is 8.78 Å². The molecule has 0 heterocycles. The lowest BCUT2D eigenvalue weighted by atomic mass is 10.0. The molecule has 0 N–H and O–H groups in total. The highest BCUT2D eigenvalue weighted by molar-refractivity contribution is 4.58. The van der Waals surface area contributed by atoms with Crippen molar-refractivity contribution in [2.75, 3.05) is 0 Å². The van der Waals surface area contributed by atoms with Crippen LogP contribution in [0.5, 0.6) is 0 Å². The van der Waals surface area contributed by atoms with E-state index in [1.54, 1.807) is 0 Å².